The molecule has 3 rings (SSSR count). The van der Waals surface area contributed by atoms with E-state index in [4.69, 9.17) is 11.6 Å². The van der Waals surface area contributed by atoms with Crippen molar-refractivity contribution in [2.75, 3.05) is 18.4 Å². The highest BCUT2D eigenvalue weighted by Gasteiger charge is 2.20. The number of anilines is 1. The van der Waals surface area contributed by atoms with Gasteiger partial charge in [-0.3, -0.25) is 4.98 Å². The van der Waals surface area contributed by atoms with Crippen LogP contribution in [-0.4, -0.2) is 34.0 Å². The third-order valence-electron chi connectivity index (χ3n) is 4.46. The van der Waals surface area contributed by atoms with Crippen LogP contribution in [0.3, 0.4) is 0 Å². The molecule has 0 unspecified atom stereocenters. The van der Waals surface area contributed by atoms with E-state index >= 15 is 0 Å². The van der Waals surface area contributed by atoms with E-state index in [1.54, 1.807) is 17.3 Å². The minimum absolute atomic E-state index is 0.0954. The molecule has 2 amide bonds. The lowest BCUT2D eigenvalue weighted by atomic mass is 9.87. The molecule has 5 nitrogen and oxygen atoms in total. The summed E-state index contributed by atoms with van der Waals surface area (Å²) < 4.78 is 0. The van der Waals surface area contributed by atoms with E-state index in [0.29, 0.717) is 30.4 Å². The predicted octanol–water partition coefficient (Wildman–Crippen LogP) is 4.75. The van der Waals surface area contributed by atoms with E-state index in [9.17, 15) is 4.79 Å². The highest BCUT2D eigenvalue weighted by Crippen LogP contribution is 2.26. The quantitative estimate of drug-likeness (QED) is 0.829. The molecule has 26 heavy (non-hydrogen) atoms. The van der Waals surface area contributed by atoms with E-state index in [1.807, 2.05) is 18.2 Å². The van der Waals surface area contributed by atoms with Crippen molar-refractivity contribution < 1.29 is 4.79 Å². The van der Waals surface area contributed by atoms with Gasteiger partial charge < -0.3 is 10.2 Å². The zero-order chi connectivity index (χ0) is 18.7. The fourth-order valence-electron chi connectivity index (χ4n) is 2.86. The Balaban J connectivity index is 1.63. The average Bonchev–Trinajstić information content (AvgIpc) is 2.62. The monoisotopic (exact) mass is 370 g/mol. The summed E-state index contributed by atoms with van der Waals surface area (Å²) in [5.41, 5.74) is 3.86. The van der Waals surface area contributed by atoms with E-state index in [2.05, 4.69) is 48.2 Å². The summed E-state index contributed by atoms with van der Waals surface area (Å²) in [7, 11) is 0. The van der Waals surface area contributed by atoms with Gasteiger partial charge in [0.1, 0.15) is 5.69 Å². The molecule has 1 aromatic carbocycles. The van der Waals surface area contributed by atoms with Crippen LogP contribution in [0.25, 0.3) is 5.57 Å². The standard InChI is InChI=1S/C20H23ClN4O/c1-20(2,3)15-4-6-16(7-5-15)24-19(26)25-12-8-14(9-13-25)17-18(21)23-11-10-22-17/h4-8,10-11H,9,12-13H2,1-3H3,(H,24,26). The Hall–Kier alpha value is -2.40. The molecule has 1 aliphatic heterocycles. The first-order valence-corrected chi connectivity index (χ1v) is 9.05. The number of carbonyl (C=O) groups excluding carboxylic acids is 1. The molecule has 1 aliphatic rings. The van der Waals surface area contributed by atoms with Gasteiger partial charge in [-0.25, -0.2) is 9.78 Å². The topological polar surface area (TPSA) is 58.1 Å². The highest BCUT2D eigenvalue weighted by atomic mass is 35.5. The fourth-order valence-corrected chi connectivity index (χ4v) is 3.09. The SMILES string of the molecule is CC(C)(C)c1ccc(NC(=O)N2CC=C(c3nccnc3Cl)CC2)cc1. The van der Waals surface area contributed by atoms with Crippen LogP contribution in [0, 0.1) is 0 Å². The molecule has 0 radical (unpaired) electrons. The summed E-state index contributed by atoms with van der Waals surface area (Å²) in [5, 5.41) is 3.36. The van der Waals surface area contributed by atoms with Crippen molar-refractivity contribution >= 4 is 28.9 Å². The maximum absolute atomic E-state index is 12.5. The smallest absolute Gasteiger partial charge is 0.320 e. The van der Waals surface area contributed by atoms with Gasteiger partial charge in [-0.1, -0.05) is 50.6 Å². The number of rotatable bonds is 2. The number of hydrogen-bond acceptors (Lipinski definition) is 3. The van der Waals surface area contributed by atoms with Crippen LogP contribution in [-0.2, 0) is 5.41 Å². The number of carbonyl (C=O) groups is 1. The Morgan fingerprint density at radius 2 is 1.85 bits per heavy atom. The van der Waals surface area contributed by atoms with Crippen LogP contribution >= 0.6 is 11.6 Å². The summed E-state index contributed by atoms with van der Waals surface area (Å²) in [6.07, 6.45) is 5.89. The van der Waals surface area contributed by atoms with Crippen LogP contribution in [0.15, 0.2) is 42.7 Å². The number of amides is 2. The van der Waals surface area contributed by atoms with Gasteiger partial charge in [0, 0.05) is 31.2 Å². The first kappa shape index (κ1) is 18.4. The van der Waals surface area contributed by atoms with E-state index in [1.165, 1.54) is 5.56 Å². The summed E-state index contributed by atoms with van der Waals surface area (Å²) in [6.45, 7) is 7.64. The number of urea groups is 1. The van der Waals surface area contributed by atoms with Gasteiger partial charge >= 0.3 is 6.03 Å². The third kappa shape index (κ3) is 4.22. The Bertz CT molecular complexity index is 824. The summed E-state index contributed by atoms with van der Waals surface area (Å²) >= 11 is 6.10. The molecule has 0 atom stereocenters. The van der Waals surface area contributed by atoms with Crippen molar-refractivity contribution in [1.29, 1.82) is 0 Å². The molecule has 2 aromatic rings. The van der Waals surface area contributed by atoms with E-state index in [0.717, 1.165) is 11.3 Å². The van der Waals surface area contributed by atoms with Gasteiger partial charge in [-0.15, -0.1) is 0 Å². The molecule has 0 spiro atoms. The maximum atomic E-state index is 12.5. The van der Waals surface area contributed by atoms with Gasteiger partial charge in [0.05, 0.1) is 0 Å². The van der Waals surface area contributed by atoms with Crippen LogP contribution in [0.2, 0.25) is 5.15 Å². The molecule has 0 saturated heterocycles. The number of benzene rings is 1. The Morgan fingerprint density at radius 1 is 1.15 bits per heavy atom. The van der Waals surface area contributed by atoms with Crippen LogP contribution in [0.5, 0.6) is 0 Å². The molecule has 6 heteroatoms. The summed E-state index contributed by atoms with van der Waals surface area (Å²) in [5.74, 6) is 0. The fraction of sp³-hybridized carbons (Fsp3) is 0.350. The first-order chi connectivity index (χ1) is 12.3. The second kappa shape index (κ2) is 7.46. The number of aromatic nitrogens is 2. The number of halogens is 1. The van der Waals surface area contributed by atoms with Crippen molar-refractivity contribution in [3.8, 4) is 0 Å². The minimum Gasteiger partial charge on any atom is -0.320 e. The highest BCUT2D eigenvalue weighted by molar-refractivity contribution is 6.30. The second-order valence-corrected chi connectivity index (χ2v) is 7.74. The van der Waals surface area contributed by atoms with Crippen LogP contribution in [0.4, 0.5) is 10.5 Å². The lowest BCUT2D eigenvalue weighted by Gasteiger charge is -2.27. The third-order valence-corrected chi connectivity index (χ3v) is 4.73. The van der Waals surface area contributed by atoms with Crippen molar-refractivity contribution in [2.24, 2.45) is 0 Å². The predicted molar refractivity (Wildman–Crippen MR) is 105 cm³/mol. The molecule has 1 N–H and O–H groups in total. The summed E-state index contributed by atoms with van der Waals surface area (Å²) in [4.78, 5) is 22.6. The molecule has 0 fully saturated rings. The lowest BCUT2D eigenvalue weighted by molar-refractivity contribution is 0.217. The molecule has 1 aromatic heterocycles. The molecular formula is C20H23ClN4O. The van der Waals surface area contributed by atoms with Gasteiger partial charge in [0.15, 0.2) is 5.15 Å². The van der Waals surface area contributed by atoms with E-state index in [-0.39, 0.29) is 11.4 Å². The van der Waals surface area contributed by atoms with E-state index < -0.39 is 0 Å². The molecule has 0 bridgehead atoms. The van der Waals surface area contributed by atoms with Crippen molar-refractivity contribution in [3.63, 3.8) is 0 Å². The normalized spacial score (nSPS) is 14.8. The average molecular weight is 371 g/mol. The zero-order valence-corrected chi connectivity index (χ0v) is 16.0. The van der Waals surface area contributed by atoms with Crippen molar-refractivity contribution in [3.05, 3.63) is 59.1 Å². The molecule has 0 saturated carbocycles. The van der Waals surface area contributed by atoms with Gasteiger partial charge in [0.2, 0.25) is 0 Å². The Labute approximate surface area is 159 Å². The number of nitrogens with zero attached hydrogens (tertiary/aromatic N) is 3. The molecule has 136 valence electrons. The van der Waals surface area contributed by atoms with Crippen molar-refractivity contribution in [1.82, 2.24) is 14.9 Å². The van der Waals surface area contributed by atoms with Gasteiger partial charge in [0.25, 0.3) is 0 Å². The Kier molecular flexibility index (Phi) is 5.28. The lowest BCUT2D eigenvalue weighted by Crippen LogP contribution is -2.38. The van der Waals surface area contributed by atoms with Crippen LogP contribution in [0.1, 0.15) is 38.4 Å². The number of nitrogens with one attached hydrogen (secondary N) is 1. The molecular weight excluding hydrogens is 348 g/mol. The maximum Gasteiger partial charge on any atom is 0.322 e. The van der Waals surface area contributed by atoms with Gasteiger partial charge in [-0.2, -0.15) is 0 Å². The largest absolute Gasteiger partial charge is 0.322 e. The minimum atomic E-state index is -0.103. The zero-order valence-electron chi connectivity index (χ0n) is 15.3. The number of hydrogen-bond donors (Lipinski definition) is 1. The Morgan fingerprint density at radius 3 is 2.42 bits per heavy atom. The van der Waals surface area contributed by atoms with Crippen molar-refractivity contribution in [2.45, 2.75) is 32.6 Å². The molecule has 0 aliphatic carbocycles. The van der Waals surface area contributed by atoms with Crippen LogP contribution < -0.4 is 5.32 Å². The molecule has 2 heterocycles. The first-order valence-electron chi connectivity index (χ1n) is 8.67. The second-order valence-electron chi connectivity index (χ2n) is 7.38. The summed E-state index contributed by atoms with van der Waals surface area (Å²) in [6, 6.07) is 7.90. The van der Waals surface area contributed by atoms with Gasteiger partial charge in [-0.05, 0) is 35.1 Å².